The molecule has 0 bridgehead atoms. The lowest BCUT2D eigenvalue weighted by Crippen LogP contribution is -2.28. The number of nitrogens with zero attached hydrogens (tertiary/aromatic N) is 2. The summed E-state index contributed by atoms with van der Waals surface area (Å²) >= 11 is 0. The number of aryl methyl sites for hydroxylation is 4. The average Bonchev–Trinajstić information content (AvgIpc) is 3.23. The van der Waals surface area contributed by atoms with Crippen molar-refractivity contribution in [1.29, 1.82) is 0 Å². The Bertz CT molecular complexity index is 904. The maximum atomic E-state index is 12.4. The molecular formula is C25H31N3O2. The number of nitrogens with one attached hydrogen (secondary N) is 1. The van der Waals surface area contributed by atoms with E-state index in [1.54, 1.807) is 0 Å². The topological polar surface area (TPSA) is 68.0 Å². The zero-order chi connectivity index (χ0) is 21.2. The van der Waals surface area contributed by atoms with E-state index in [0.717, 1.165) is 37.7 Å². The third kappa shape index (κ3) is 6.83. The fourth-order valence-electron chi connectivity index (χ4n) is 3.45. The zero-order valence-electron chi connectivity index (χ0n) is 17.9. The molecule has 0 spiro atoms. The summed E-state index contributed by atoms with van der Waals surface area (Å²) < 4.78 is 5.71. The van der Waals surface area contributed by atoms with Crippen LogP contribution in [0.4, 0.5) is 0 Å². The first kappa shape index (κ1) is 21.8. The van der Waals surface area contributed by atoms with Gasteiger partial charge in [0.2, 0.25) is 17.7 Å². The van der Waals surface area contributed by atoms with Crippen LogP contribution in [-0.2, 0) is 24.1 Å². The molecule has 5 nitrogen and oxygen atoms in total. The number of aromatic nitrogens is 2. The molecule has 3 rings (SSSR count). The Morgan fingerprint density at radius 1 is 0.933 bits per heavy atom. The van der Waals surface area contributed by atoms with Gasteiger partial charge in [0.15, 0.2) is 0 Å². The van der Waals surface area contributed by atoms with Gasteiger partial charge in [-0.2, -0.15) is 0 Å². The van der Waals surface area contributed by atoms with Crippen LogP contribution in [0.2, 0.25) is 0 Å². The van der Waals surface area contributed by atoms with Gasteiger partial charge in [-0.1, -0.05) is 67.1 Å². The first-order valence-electron chi connectivity index (χ1n) is 10.8. The summed E-state index contributed by atoms with van der Waals surface area (Å²) in [7, 11) is 0. The predicted molar refractivity (Wildman–Crippen MR) is 118 cm³/mol. The second-order valence-corrected chi connectivity index (χ2v) is 7.72. The van der Waals surface area contributed by atoms with Crippen molar-refractivity contribution in [3.05, 3.63) is 83.1 Å². The Kier molecular flexibility index (Phi) is 8.19. The van der Waals surface area contributed by atoms with Gasteiger partial charge < -0.3 is 9.73 Å². The van der Waals surface area contributed by atoms with Gasteiger partial charge in [-0.15, -0.1) is 10.2 Å². The number of carbonyl (C=O) groups is 1. The molecule has 1 aromatic heterocycles. The minimum absolute atomic E-state index is 0.00466. The van der Waals surface area contributed by atoms with Crippen LogP contribution in [0.3, 0.4) is 0 Å². The molecule has 30 heavy (non-hydrogen) atoms. The summed E-state index contributed by atoms with van der Waals surface area (Å²) in [6, 6.07) is 18.8. The molecule has 0 fully saturated rings. The summed E-state index contributed by atoms with van der Waals surface area (Å²) in [5.74, 6) is 1.20. The van der Waals surface area contributed by atoms with Crippen LogP contribution >= 0.6 is 0 Å². The Balaban J connectivity index is 1.38. The summed E-state index contributed by atoms with van der Waals surface area (Å²) in [5, 5.41) is 11.3. The lowest BCUT2D eigenvalue weighted by Gasteiger charge is -2.17. The van der Waals surface area contributed by atoms with Gasteiger partial charge in [0, 0.05) is 19.3 Å². The highest BCUT2D eigenvalue weighted by atomic mass is 16.4. The van der Waals surface area contributed by atoms with Gasteiger partial charge in [-0.3, -0.25) is 4.79 Å². The quantitative estimate of drug-likeness (QED) is 0.448. The molecule has 1 atom stereocenters. The SMILES string of the molecule is CCC(NC(=O)CCc1nnc(CCCCc2ccccc2)o1)c1ccc(C)cc1. The van der Waals surface area contributed by atoms with Crippen LogP contribution in [0.1, 0.15) is 67.1 Å². The van der Waals surface area contributed by atoms with Gasteiger partial charge in [-0.05, 0) is 43.7 Å². The first-order chi connectivity index (χ1) is 14.6. The summed E-state index contributed by atoms with van der Waals surface area (Å²) in [5.41, 5.74) is 3.70. The minimum Gasteiger partial charge on any atom is -0.425 e. The molecule has 1 N–H and O–H groups in total. The number of hydrogen-bond donors (Lipinski definition) is 1. The number of unbranched alkanes of at least 4 members (excludes halogenated alkanes) is 1. The first-order valence-corrected chi connectivity index (χ1v) is 10.8. The van der Waals surface area contributed by atoms with Crippen LogP contribution in [0.15, 0.2) is 59.0 Å². The number of carbonyl (C=O) groups excluding carboxylic acids is 1. The molecule has 158 valence electrons. The molecule has 0 saturated carbocycles. The van der Waals surface area contributed by atoms with E-state index in [1.807, 2.05) is 6.07 Å². The zero-order valence-corrected chi connectivity index (χ0v) is 17.9. The van der Waals surface area contributed by atoms with Gasteiger partial charge in [0.05, 0.1) is 6.04 Å². The highest BCUT2D eigenvalue weighted by Crippen LogP contribution is 2.17. The number of amides is 1. The molecule has 2 aromatic carbocycles. The van der Waals surface area contributed by atoms with Crippen LogP contribution in [-0.4, -0.2) is 16.1 Å². The van der Waals surface area contributed by atoms with Gasteiger partial charge >= 0.3 is 0 Å². The Labute approximate surface area is 178 Å². The van der Waals surface area contributed by atoms with Crippen molar-refractivity contribution in [2.45, 2.75) is 64.8 Å². The van der Waals surface area contributed by atoms with E-state index in [1.165, 1.54) is 11.1 Å². The summed E-state index contributed by atoms with van der Waals surface area (Å²) in [4.78, 5) is 12.4. The number of benzene rings is 2. The van der Waals surface area contributed by atoms with Crippen LogP contribution in [0, 0.1) is 6.92 Å². The monoisotopic (exact) mass is 405 g/mol. The van der Waals surface area contributed by atoms with Crippen LogP contribution in [0.5, 0.6) is 0 Å². The van der Waals surface area contributed by atoms with Gasteiger partial charge in [0.25, 0.3) is 0 Å². The Hall–Kier alpha value is -2.95. The van der Waals surface area contributed by atoms with E-state index in [2.05, 4.69) is 77.9 Å². The molecule has 0 saturated heterocycles. The Morgan fingerprint density at radius 2 is 1.60 bits per heavy atom. The highest BCUT2D eigenvalue weighted by Gasteiger charge is 2.14. The highest BCUT2D eigenvalue weighted by molar-refractivity contribution is 5.76. The van der Waals surface area contributed by atoms with E-state index in [-0.39, 0.29) is 11.9 Å². The normalized spacial score (nSPS) is 11.9. The fraction of sp³-hybridized carbons (Fsp3) is 0.400. The second-order valence-electron chi connectivity index (χ2n) is 7.72. The standard InChI is InChI=1S/C25H31N3O2/c1-3-22(21-15-13-19(2)14-16-21)26-23(29)17-18-25-28-27-24(30-25)12-8-7-11-20-9-5-4-6-10-20/h4-6,9-10,13-16,22H,3,7-8,11-12,17-18H2,1-2H3,(H,26,29). The van der Waals surface area contributed by atoms with Crippen molar-refractivity contribution >= 4 is 5.91 Å². The smallest absolute Gasteiger partial charge is 0.220 e. The molecular weight excluding hydrogens is 374 g/mol. The maximum absolute atomic E-state index is 12.4. The predicted octanol–water partition coefficient (Wildman–Crippen LogP) is 5.14. The van der Waals surface area contributed by atoms with Crippen molar-refractivity contribution in [3.63, 3.8) is 0 Å². The van der Waals surface area contributed by atoms with E-state index in [4.69, 9.17) is 4.42 Å². The summed E-state index contributed by atoms with van der Waals surface area (Å²) in [6.45, 7) is 4.14. The maximum Gasteiger partial charge on any atom is 0.220 e. The molecule has 0 radical (unpaired) electrons. The third-order valence-corrected chi connectivity index (χ3v) is 5.25. The van der Waals surface area contributed by atoms with E-state index in [9.17, 15) is 4.79 Å². The van der Waals surface area contributed by atoms with E-state index in [0.29, 0.717) is 24.6 Å². The minimum atomic E-state index is 0.00466. The van der Waals surface area contributed by atoms with Crippen molar-refractivity contribution < 1.29 is 9.21 Å². The largest absolute Gasteiger partial charge is 0.425 e. The molecule has 1 heterocycles. The van der Waals surface area contributed by atoms with Crippen molar-refractivity contribution in [3.8, 4) is 0 Å². The lowest BCUT2D eigenvalue weighted by atomic mass is 10.0. The van der Waals surface area contributed by atoms with E-state index < -0.39 is 0 Å². The molecule has 0 aliphatic rings. The molecule has 5 heteroatoms. The van der Waals surface area contributed by atoms with Crippen molar-refractivity contribution in [2.24, 2.45) is 0 Å². The van der Waals surface area contributed by atoms with E-state index >= 15 is 0 Å². The van der Waals surface area contributed by atoms with Gasteiger partial charge in [0.1, 0.15) is 0 Å². The summed E-state index contributed by atoms with van der Waals surface area (Å²) in [6.07, 6.45) is 5.58. The molecule has 1 unspecified atom stereocenters. The van der Waals surface area contributed by atoms with Crippen LogP contribution < -0.4 is 5.32 Å². The lowest BCUT2D eigenvalue weighted by molar-refractivity contribution is -0.121. The second kappa shape index (κ2) is 11.3. The average molecular weight is 406 g/mol. The molecule has 1 amide bonds. The van der Waals surface area contributed by atoms with Crippen molar-refractivity contribution in [1.82, 2.24) is 15.5 Å². The fourth-order valence-corrected chi connectivity index (χ4v) is 3.45. The number of rotatable bonds is 11. The molecule has 3 aromatic rings. The molecule has 0 aliphatic carbocycles. The van der Waals surface area contributed by atoms with Gasteiger partial charge in [-0.25, -0.2) is 0 Å². The number of hydrogen-bond acceptors (Lipinski definition) is 4. The Morgan fingerprint density at radius 3 is 2.30 bits per heavy atom. The van der Waals surface area contributed by atoms with Crippen molar-refractivity contribution in [2.75, 3.05) is 0 Å². The molecule has 0 aliphatic heterocycles. The van der Waals surface area contributed by atoms with Crippen LogP contribution in [0.25, 0.3) is 0 Å². The third-order valence-electron chi connectivity index (χ3n) is 5.25.